The van der Waals surface area contributed by atoms with E-state index in [1.807, 2.05) is 13.0 Å². The molecule has 0 aromatic heterocycles. The molecule has 0 N–H and O–H groups in total. The van der Waals surface area contributed by atoms with Crippen molar-refractivity contribution in [3.63, 3.8) is 0 Å². The van der Waals surface area contributed by atoms with Crippen molar-refractivity contribution in [2.24, 2.45) is 5.92 Å². The van der Waals surface area contributed by atoms with E-state index >= 15 is 0 Å². The molecule has 31 heavy (non-hydrogen) atoms. The largest absolute Gasteiger partial charge is 0.296 e. The Bertz CT molecular complexity index is 680. The van der Waals surface area contributed by atoms with E-state index in [2.05, 4.69) is 20.8 Å². The molecule has 3 nitrogen and oxygen atoms in total. The van der Waals surface area contributed by atoms with Gasteiger partial charge in [-0.05, 0) is 48.9 Å². The Balaban J connectivity index is 1.96. The van der Waals surface area contributed by atoms with Gasteiger partial charge in [0.15, 0.2) is 0 Å². The maximum Gasteiger partial charge on any atom is 0.296 e. The Morgan fingerprint density at radius 1 is 0.774 bits per heavy atom. The van der Waals surface area contributed by atoms with Crippen LogP contribution in [0.25, 0.3) is 0 Å². The summed E-state index contributed by atoms with van der Waals surface area (Å²) in [5, 5.41) is 0. The third-order valence-corrected chi connectivity index (χ3v) is 7.46. The molecule has 180 valence electrons. The highest BCUT2D eigenvalue weighted by Gasteiger charge is 2.15. The van der Waals surface area contributed by atoms with Crippen molar-refractivity contribution in [1.29, 1.82) is 0 Å². The molecule has 0 fully saturated rings. The molecule has 0 spiro atoms. The molecular formula is C27H48O3S. The van der Waals surface area contributed by atoms with Crippen LogP contribution in [0.3, 0.4) is 0 Å². The highest BCUT2D eigenvalue weighted by atomic mass is 32.2. The van der Waals surface area contributed by atoms with Crippen molar-refractivity contribution in [3.8, 4) is 0 Å². The van der Waals surface area contributed by atoms with Gasteiger partial charge in [-0.25, -0.2) is 0 Å². The molecule has 1 aromatic carbocycles. The highest BCUT2D eigenvalue weighted by Crippen LogP contribution is 2.19. The lowest BCUT2D eigenvalue weighted by Gasteiger charge is -2.09. The van der Waals surface area contributed by atoms with Gasteiger partial charge < -0.3 is 0 Å². The van der Waals surface area contributed by atoms with Crippen molar-refractivity contribution < 1.29 is 12.6 Å². The van der Waals surface area contributed by atoms with Gasteiger partial charge in [-0.15, -0.1) is 0 Å². The number of hydrogen-bond donors (Lipinski definition) is 0. The van der Waals surface area contributed by atoms with Gasteiger partial charge >= 0.3 is 0 Å². The fourth-order valence-corrected chi connectivity index (χ4v) is 5.09. The van der Waals surface area contributed by atoms with E-state index < -0.39 is 10.1 Å². The summed E-state index contributed by atoms with van der Waals surface area (Å²) in [7, 11) is -3.63. The first-order valence-corrected chi connectivity index (χ1v) is 14.3. The van der Waals surface area contributed by atoms with Gasteiger partial charge in [0.2, 0.25) is 0 Å². The minimum Gasteiger partial charge on any atom is -0.266 e. The maximum atomic E-state index is 12.3. The van der Waals surface area contributed by atoms with Gasteiger partial charge in [0.25, 0.3) is 10.1 Å². The summed E-state index contributed by atoms with van der Waals surface area (Å²) in [6.07, 6.45) is 19.0. The van der Waals surface area contributed by atoms with Crippen LogP contribution in [0, 0.1) is 12.8 Å². The van der Waals surface area contributed by atoms with Gasteiger partial charge in [0.05, 0.1) is 11.5 Å². The molecule has 0 aliphatic carbocycles. The van der Waals surface area contributed by atoms with Gasteiger partial charge in [0.1, 0.15) is 0 Å². The Labute approximate surface area is 193 Å². The van der Waals surface area contributed by atoms with Crippen molar-refractivity contribution in [3.05, 3.63) is 29.3 Å². The van der Waals surface area contributed by atoms with Crippen molar-refractivity contribution in [2.75, 3.05) is 6.61 Å². The SMILES string of the molecule is CCc1ccc(S(=O)(=O)OCCCCCCCCCCCCCCCC(C)C)cc1C. The summed E-state index contributed by atoms with van der Waals surface area (Å²) in [6, 6.07) is 5.27. The lowest BCUT2D eigenvalue weighted by atomic mass is 10.0. The molecule has 0 aliphatic heterocycles. The molecule has 0 radical (unpaired) electrons. The van der Waals surface area contributed by atoms with Crippen LogP contribution in [0.15, 0.2) is 23.1 Å². The topological polar surface area (TPSA) is 43.4 Å². The zero-order valence-corrected chi connectivity index (χ0v) is 21.6. The predicted octanol–water partition coefficient (Wildman–Crippen LogP) is 8.38. The fraction of sp³-hybridized carbons (Fsp3) is 0.778. The van der Waals surface area contributed by atoms with E-state index in [4.69, 9.17) is 4.18 Å². The number of benzene rings is 1. The molecule has 1 aromatic rings. The van der Waals surface area contributed by atoms with Crippen LogP contribution in [0.1, 0.15) is 122 Å². The maximum absolute atomic E-state index is 12.3. The summed E-state index contributed by atoms with van der Waals surface area (Å²) >= 11 is 0. The quantitative estimate of drug-likeness (QED) is 0.156. The average Bonchev–Trinajstić information content (AvgIpc) is 2.73. The van der Waals surface area contributed by atoms with E-state index in [1.165, 1.54) is 82.6 Å². The van der Waals surface area contributed by atoms with Gasteiger partial charge in [-0.1, -0.05) is 110 Å². The van der Waals surface area contributed by atoms with Crippen LogP contribution in [-0.4, -0.2) is 15.0 Å². The van der Waals surface area contributed by atoms with E-state index in [0.29, 0.717) is 0 Å². The molecule has 0 aliphatic rings. The number of unbranched alkanes of at least 4 members (excludes halogenated alkanes) is 12. The van der Waals surface area contributed by atoms with Gasteiger partial charge in [0, 0.05) is 0 Å². The second-order valence-corrected chi connectivity index (χ2v) is 11.1. The number of rotatable bonds is 19. The summed E-state index contributed by atoms with van der Waals surface area (Å²) in [6.45, 7) is 8.93. The predicted molar refractivity (Wildman–Crippen MR) is 133 cm³/mol. The molecule has 0 saturated heterocycles. The first-order chi connectivity index (χ1) is 14.9. The van der Waals surface area contributed by atoms with E-state index in [0.717, 1.165) is 30.7 Å². The summed E-state index contributed by atoms with van der Waals surface area (Å²) in [5.74, 6) is 0.855. The second-order valence-electron chi connectivity index (χ2n) is 9.50. The lowest BCUT2D eigenvalue weighted by molar-refractivity contribution is 0.306. The van der Waals surface area contributed by atoms with Crippen LogP contribution in [0.2, 0.25) is 0 Å². The molecule has 4 heteroatoms. The van der Waals surface area contributed by atoms with E-state index in [9.17, 15) is 8.42 Å². The Morgan fingerprint density at radius 3 is 1.71 bits per heavy atom. The summed E-state index contributed by atoms with van der Waals surface area (Å²) < 4.78 is 29.9. The molecule has 1 rings (SSSR count). The van der Waals surface area contributed by atoms with Gasteiger partial charge in [-0.2, -0.15) is 8.42 Å². The Hall–Kier alpha value is -0.870. The Morgan fingerprint density at radius 2 is 1.26 bits per heavy atom. The molecule has 0 atom stereocenters. The smallest absolute Gasteiger partial charge is 0.266 e. The number of hydrogen-bond acceptors (Lipinski definition) is 3. The first-order valence-electron chi connectivity index (χ1n) is 12.9. The van der Waals surface area contributed by atoms with Crippen LogP contribution < -0.4 is 0 Å². The van der Waals surface area contributed by atoms with Crippen molar-refractivity contribution in [2.45, 2.75) is 129 Å². The Kier molecular flexibility index (Phi) is 15.2. The monoisotopic (exact) mass is 452 g/mol. The van der Waals surface area contributed by atoms with Crippen LogP contribution in [0.4, 0.5) is 0 Å². The van der Waals surface area contributed by atoms with Gasteiger partial charge in [-0.3, -0.25) is 4.18 Å². The molecule has 0 heterocycles. The van der Waals surface area contributed by atoms with Crippen LogP contribution >= 0.6 is 0 Å². The van der Waals surface area contributed by atoms with Crippen LogP contribution in [-0.2, 0) is 20.7 Å². The fourth-order valence-electron chi connectivity index (χ4n) is 4.06. The van der Waals surface area contributed by atoms with E-state index in [1.54, 1.807) is 12.1 Å². The van der Waals surface area contributed by atoms with E-state index in [-0.39, 0.29) is 11.5 Å². The zero-order valence-electron chi connectivity index (χ0n) is 20.8. The normalized spacial score (nSPS) is 12.0. The first kappa shape index (κ1) is 28.2. The minimum absolute atomic E-state index is 0.276. The average molecular weight is 453 g/mol. The molecule has 0 amide bonds. The highest BCUT2D eigenvalue weighted by molar-refractivity contribution is 7.86. The third-order valence-electron chi connectivity index (χ3n) is 6.15. The molecule has 0 bridgehead atoms. The lowest BCUT2D eigenvalue weighted by Crippen LogP contribution is -2.08. The van der Waals surface area contributed by atoms with Crippen molar-refractivity contribution >= 4 is 10.1 Å². The second kappa shape index (κ2) is 16.7. The summed E-state index contributed by atoms with van der Waals surface area (Å²) in [4.78, 5) is 0.276. The zero-order chi connectivity index (χ0) is 23.0. The third kappa shape index (κ3) is 13.3. The molecular weight excluding hydrogens is 404 g/mol. The van der Waals surface area contributed by atoms with Crippen LogP contribution in [0.5, 0.6) is 0 Å². The molecule has 0 saturated carbocycles. The minimum atomic E-state index is -3.63. The summed E-state index contributed by atoms with van der Waals surface area (Å²) in [5.41, 5.74) is 2.19. The van der Waals surface area contributed by atoms with Crippen molar-refractivity contribution in [1.82, 2.24) is 0 Å². The molecule has 0 unspecified atom stereocenters. The number of aryl methyl sites for hydroxylation is 2. The standard InChI is InChI=1S/C27H48O3S/c1-5-26-20-21-27(23-25(26)4)31(28,29)30-22-18-16-14-12-10-8-6-7-9-11-13-15-17-19-24(2)3/h20-21,23-24H,5-19,22H2,1-4H3.